The van der Waals surface area contributed by atoms with Crippen molar-refractivity contribution >= 4 is 36.6 Å². The molecule has 3 atom stereocenters. The van der Waals surface area contributed by atoms with E-state index in [0.717, 1.165) is 24.8 Å². The maximum Gasteiger partial charge on any atom is 0.330 e. The van der Waals surface area contributed by atoms with Crippen molar-refractivity contribution in [1.82, 2.24) is 15.0 Å². The lowest BCUT2D eigenvalue weighted by Crippen LogP contribution is -2.33. The number of hydrogen-bond donors (Lipinski definition) is 0. The summed E-state index contributed by atoms with van der Waals surface area (Å²) in [7, 11) is 4.14. The Balaban J connectivity index is 1.17. The molecule has 0 aliphatic carbocycles. The molecular formula is C35H42N6O9. The number of rotatable bonds is 13. The van der Waals surface area contributed by atoms with Crippen LogP contribution in [-0.4, -0.2) is 111 Å². The summed E-state index contributed by atoms with van der Waals surface area (Å²) in [5.74, 6) is 2.68. The number of ether oxygens (including phenoxy) is 3. The van der Waals surface area contributed by atoms with E-state index in [1.807, 2.05) is 30.3 Å². The molecule has 6 heterocycles. The minimum atomic E-state index is -0.442. The zero-order valence-electron chi connectivity index (χ0n) is 28.5. The highest BCUT2D eigenvalue weighted by Crippen LogP contribution is 2.25. The van der Waals surface area contributed by atoms with E-state index in [4.69, 9.17) is 27.5 Å². The maximum absolute atomic E-state index is 12.3. The number of carbonyl (C=O) groups excluding carboxylic acids is 3. The number of methoxy groups -OCH3 is 3. The highest BCUT2D eigenvalue weighted by Gasteiger charge is 2.32. The summed E-state index contributed by atoms with van der Waals surface area (Å²) in [5, 5.41) is 18.7. The molecule has 266 valence electrons. The van der Waals surface area contributed by atoms with Gasteiger partial charge in [-0.2, -0.15) is 15.3 Å². The second-order valence-electron chi connectivity index (χ2n) is 12.3. The Kier molecular flexibility index (Phi) is 11.0. The molecule has 3 aliphatic heterocycles. The smallest absolute Gasteiger partial charge is 0.330 e. The molecule has 50 heavy (non-hydrogen) atoms. The molecule has 15 heteroatoms. The van der Waals surface area contributed by atoms with Crippen LogP contribution in [0.3, 0.4) is 0 Å². The third kappa shape index (κ3) is 8.09. The van der Waals surface area contributed by atoms with Crippen molar-refractivity contribution in [2.75, 3.05) is 41.0 Å². The first-order chi connectivity index (χ1) is 24.3. The second kappa shape index (κ2) is 15.9. The average molecular weight is 691 g/mol. The summed E-state index contributed by atoms with van der Waals surface area (Å²) < 4.78 is 33.2. The molecule has 0 radical (unpaired) electrons. The van der Waals surface area contributed by atoms with Crippen molar-refractivity contribution in [3.63, 3.8) is 0 Å². The minimum Gasteiger partial charge on any atom is -0.467 e. The molecule has 0 spiro atoms. The quantitative estimate of drug-likeness (QED) is 0.146. The van der Waals surface area contributed by atoms with Crippen molar-refractivity contribution < 1.29 is 41.8 Å². The van der Waals surface area contributed by atoms with Gasteiger partial charge in [0.1, 0.15) is 46.9 Å². The lowest BCUT2D eigenvalue weighted by molar-refractivity contribution is -0.146. The van der Waals surface area contributed by atoms with Crippen LogP contribution in [0.15, 0.2) is 58.9 Å². The van der Waals surface area contributed by atoms with Crippen LogP contribution in [-0.2, 0) is 41.4 Å². The summed E-state index contributed by atoms with van der Waals surface area (Å²) in [5.41, 5.74) is 0.830. The molecule has 0 aromatic carbocycles. The fourth-order valence-corrected chi connectivity index (χ4v) is 6.50. The number of hydrazone groups is 3. The summed E-state index contributed by atoms with van der Waals surface area (Å²) in [6.45, 7) is 1.96. The predicted molar refractivity (Wildman–Crippen MR) is 180 cm³/mol. The zero-order valence-corrected chi connectivity index (χ0v) is 28.5. The number of nitrogens with zero attached hydrogens (tertiary/aromatic N) is 6. The van der Waals surface area contributed by atoms with Crippen LogP contribution in [0.5, 0.6) is 0 Å². The van der Waals surface area contributed by atoms with E-state index in [9.17, 15) is 14.4 Å². The molecule has 3 aromatic heterocycles. The van der Waals surface area contributed by atoms with E-state index in [0.29, 0.717) is 86.3 Å². The Morgan fingerprint density at radius 3 is 1.54 bits per heavy atom. The number of carbonyl (C=O) groups is 3. The van der Waals surface area contributed by atoms with E-state index < -0.39 is 18.1 Å². The van der Waals surface area contributed by atoms with Crippen molar-refractivity contribution in [2.24, 2.45) is 15.3 Å². The molecule has 0 amide bonds. The van der Waals surface area contributed by atoms with Gasteiger partial charge in [-0.25, -0.2) is 14.4 Å². The first kappa shape index (κ1) is 34.5. The predicted octanol–water partition coefficient (Wildman–Crippen LogP) is 3.56. The van der Waals surface area contributed by atoms with Gasteiger partial charge < -0.3 is 27.5 Å². The molecule has 3 fully saturated rings. The third-order valence-electron chi connectivity index (χ3n) is 9.05. The van der Waals surface area contributed by atoms with Gasteiger partial charge in [0.2, 0.25) is 0 Å². The molecule has 3 aliphatic rings. The molecule has 3 saturated heterocycles. The third-order valence-corrected chi connectivity index (χ3v) is 9.05. The molecule has 6 rings (SSSR count). The largest absolute Gasteiger partial charge is 0.467 e. The fraction of sp³-hybridized carbons (Fsp3) is 0.486. The lowest BCUT2D eigenvalue weighted by atomic mass is 10.1. The van der Waals surface area contributed by atoms with Crippen LogP contribution in [0.25, 0.3) is 0 Å². The standard InChI is InChI=1S/C35H42N6O9/c1-45-33(42)29-7-4-14-39(29)36-20-26-12-10-24(48-26)17-23-18-28(50-32(23)22-38-41-16-6-9-31(41)35(44)47-3)19-25-11-13-27(49-25)21-37-40-15-5-8-30(40)34(43)46-2/h10-13,18,20-22,29-31H,4-9,14-17,19H2,1-3H3/b36-20-,37-21-,38-22+/t29-,30-,31-/m0/s1. The molecule has 0 N–H and O–H groups in total. The molecule has 3 aromatic rings. The van der Waals surface area contributed by atoms with Gasteiger partial charge in [0.15, 0.2) is 5.76 Å². The summed E-state index contributed by atoms with van der Waals surface area (Å²) >= 11 is 0. The minimum absolute atomic E-state index is 0.298. The van der Waals surface area contributed by atoms with Crippen LogP contribution < -0.4 is 0 Å². The van der Waals surface area contributed by atoms with Crippen molar-refractivity contribution in [1.29, 1.82) is 0 Å². The van der Waals surface area contributed by atoms with Crippen LogP contribution in [0, 0.1) is 0 Å². The average Bonchev–Trinajstić information content (AvgIpc) is 3.98. The van der Waals surface area contributed by atoms with Crippen LogP contribution in [0.2, 0.25) is 0 Å². The Labute approximate surface area is 289 Å². The zero-order chi connectivity index (χ0) is 35.0. The van der Waals surface area contributed by atoms with E-state index in [-0.39, 0.29) is 17.9 Å². The van der Waals surface area contributed by atoms with Gasteiger partial charge >= 0.3 is 17.9 Å². The van der Waals surface area contributed by atoms with Gasteiger partial charge in [0, 0.05) is 31.6 Å². The van der Waals surface area contributed by atoms with Gasteiger partial charge in [-0.05, 0) is 68.9 Å². The Bertz CT molecular complexity index is 1740. The molecule has 0 bridgehead atoms. The second-order valence-corrected chi connectivity index (χ2v) is 12.3. The van der Waals surface area contributed by atoms with E-state index in [2.05, 4.69) is 15.3 Å². The fourth-order valence-electron chi connectivity index (χ4n) is 6.50. The first-order valence-corrected chi connectivity index (χ1v) is 16.8. The molecule has 15 nitrogen and oxygen atoms in total. The van der Waals surface area contributed by atoms with E-state index >= 15 is 0 Å². The van der Waals surface area contributed by atoms with Crippen LogP contribution in [0.4, 0.5) is 0 Å². The lowest BCUT2D eigenvalue weighted by Gasteiger charge is -2.18. The Morgan fingerprint density at radius 2 is 1.08 bits per heavy atom. The van der Waals surface area contributed by atoms with Gasteiger partial charge in [0.25, 0.3) is 0 Å². The van der Waals surface area contributed by atoms with Crippen molar-refractivity contribution in [2.45, 2.75) is 69.5 Å². The Hall–Kier alpha value is -5.34. The first-order valence-electron chi connectivity index (χ1n) is 16.8. The van der Waals surface area contributed by atoms with Gasteiger partial charge in [-0.1, -0.05) is 0 Å². The maximum atomic E-state index is 12.3. The van der Waals surface area contributed by atoms with Crippen molar-refractivity contribution in [3.05, 3.63) is 70.5 Å². The van der Waals surface area contributed by atoms with E-state index in [1.165, 1.54) is 21.3 Å². The number of furan rings is 3. The normalized spacial score (nSPS) is 21.0. The highest BCUT2D eigenvalue weighted by molar-refractivity contribution is 5.81. The summed E-state index contributed by atoms with van der Waals surface area (Å²) in [6, 6.07) is 8.07. The molecule has 0 saturated carbocycles. The molecule has 0 unspecified atom stereocenters. The topological polar surface area (TPSA) is 165 Å². The number of hydrogen-bond acceptors (Lipinski definition) is 15. The van der Waals surface area contributed by atoms with Gasteiger partial charge in [-0.15, -0.1) is 0 Å². The van der Waals surface area contributed by atoms with Crippen molar-refractivity contribution in [3.8, 4) is 0 Å². The number of esters is 3. The summed E-state index contributed by atoms with van der Waals surface area (Å²) in [4.78, 5) is 36.4. The van der Waals surface area contributed by atoms with Crippen LogP contribution in [0.1, 0.15) is 78.6 Å². The van der Waals surface area contributed by atoms with Crippen LogP contribution >= 0.6 is 0 Å². The summed E-state index contributed by atoms with van der Waals surface area (Å²) in [6.07, 6.45) is 10.2. The molecular weight excluding hydrogens is 648 g/mol. The highest BCUT2D eigenvalue weighted by atomic mass is 16.5. The van der Waals surface area contributed by atoms with Gasteiger partial charge in [-0.3, -0.25) is 15.0 Å². The SMILES string of the molecule is COC(=O)[C@@H]1CCCN1/N=C\c1ccc(Cc2cc(Cc3ccc(/C=N\N4CCC[C@H]4C(=O)OC)o3)c(/C=N/N3CCC[C@H]3C(=O)OC)o2)o1. The van der Waals surface area contributed by atoms with Gasteiger partial charge in [0.05, 0.1) is 46.4 Å². The monoisotopic (exact) mass is 690 g/mol. The van der Waals surface area contributed by atoms with E-state index in [1.54, 1.807) is 33.7 Å². The Morgan fingerprint density at radius 1 is 0.640 bits per heavy atom.